The Morgan fingerprint density at radius 2 is 2.26 bits per heavy atom. The van der Waals surface area contributed by atoms with Gasteiger partial charge in [-0.2, -0.15) is 0 Å². The molecule has 0 saturated carbocycles. The van der Waals surface area contributed by atoms with Gasteiger partial charge in [0, 0.05) is 18.8 Å². The second-order valence-electron chi connectivity index (χ2n) is 4.78. The average Bonchev–Trinajstić information content (AvgIpc) is 3.03. The highest BCUT2D eigenvalue weighted by molar-refractivity contribution is 5.75. The fourth-order valence-corrected chi connectivity index (χ4v) is 2.18. The first-order valence-electron chi connectivity index (χ1n) is 6.39. The fourth-order valence-electron chi connectivity index (χ4n) is 2.18. The molecule has 0 aliphatic rings. The number of H-pyrrole nitrogens is 2. The molecule has 0 saturated heterocycles. The van der Waals surface area contributed by atoms with E-state index in [1.807, 2.05) is 13.1 Å². The van der Waals surface area contributed by atoms with Crippen molar-refractivity contribution in [3.63, 3.8) is 0 Å². The third kappa shape index (κ3) is 2.51. The number of aryl methyl sites for hydroxylation is 1. The van der Waals surface area contributed by atoms with Crippen molar-refractivity contribution in [2.24, 2.45) is 0 Å². The summed E-state index contributed by atoms with van der Waals surface area (Å²) in [5.74, 6) is 0.950. The normalized spacial score (nSPS) is 12.9. The molecule has 0 spiro atoms. The molecule has 0 aliphatic carbocycles. The lowest BCUT2D eigenvalue weighted by Gasteiger charge is -2.11. The quantitative estimate of drug-likeness (QED) is 0.670. The van der Waals surface area contributed by atoms with Crippen LogP contribution in [0.25, 0.3) is 11.0 Å². The third-order valence-electron chi connectivity index (χ3n) is 3.26. The Morgan fingerprint density at radius 3 is 3.05 bits per heavy atom. The van der Waals surface area contributed by atoms with E-state index in [0.717, 1.165) is 29.1 Å². The Morgan fingerprint density at radius 1 is 1.37 bits per heavy atom. The van der Waals surface area contributed by atoms with Crippen molar-refractivity contribution < 1.29 is 0 Å². The van der Waals surface area contributed by atoms with Gasteiger partial charge < -0.3 is 15.3 Å². The molecule has 0 aliphatic heterocycles. The highest BCUT2D eigenvalue weighted by Gasteiger charge is 2.06. The molecule has 5 heteroatoms. The summed E-state index contributed by atoms with van der Waals surface area (Å²) >= 11 is 0. The number of hydrogen-bond acceptors (Lipinski definition) is 3. The standard InChI is InChI=1S/C14H17N5/c1-9(14-7-15-8-17-14)16-6-11-3-4-12-13(5-11)19-10(2)18-12/h3-5,7-9,16H,6H2,1-2H3,(H,15,17)(H,18,19). The van der Waals surface area contributed by atoms with E-state index in [2.05, 4.69) is 50.4 Å². The van der Waals surface area contributed by atoms with Gasteiger partial charge in [-0.25, -0.2) is 9.97 Å². The Balaban J connectivity index is 1.71. The second kappa shape index (κ2) is 4.85. The van der Waals surface area contributed by atoms with E-state index in [0.29, 0.717) is 0 Å². The van der Waals surface area contributed by atoms with E-state index in [1.54, 1.807) is 6.33 Å². The Kier molecular flexibility index (Phi) is 3.05. The maximum Gasteiger partial charge on any atom is 0.104 e. The first-order valence-corrected chi connectivity index (χ1v) is 6.39. The highest BCUT2D eigenvalue weighted by Crippen LogP contribution is 2.15. The van der Waals surface area contributed by atoms with Gasteiger partial charge in [-0.3, -0.25) is 0 Å². The van der Waals surface area contributed by atoms with Crippen LogP contribution in [0.5, 0.6) is 0 Å². The molecule has 3 aromatic rings. The lowest BCUT2D eigenvalue weighted by Crippen LogP contribution is -2.18. The molecule has 5 nitrogen and oxygen atoms in total. The van der Waals surface area contributed by atoms with Gasteiger partial charge in [0.15, 0.2) is 0 Å². The molecule has 0 bridgehead atoms. The Bertz CT molecular complexity index is 668. The van der Waals surface area contributed by atoms with Crippen molar-refractivity contribution in [1.82, 2.24) is 25.3 Å². The van der Waals surface area contributed by atoms with Crippen LogP contribution in [0.2, 0.25) is 0 Å². The highest BCUT2D eigenvalue weighted by atomic mass is 15.0. The van der Waals surface area contributed by atoms with E-state index in [1.165, 1.54) is 5.56 Å². The molecule has 1 unspecified atom stereocenters. The lowest BCUT2D eigenvalue weighted by molar-refractivity contribution is 0.564. The van der Waals surface area contributed by atoms with Crippen LogP contribution in [-0.2, 0) is 6.54 Å². The van der Waals surface area contributed by atoms with Gasteiger partial charge in [0.2, 0.25) is 0 Å². The summed E-state index contributed by atoms with van der Waals surface area (Å²) in [4.78, 5) is 14.8. The summed E-state index contributed by atoms with van der Waals surface area (Å²) < 4.78 is 0. The smallest absolute Gasteiger partial charge is 0.104 e. The molecular weight excluding hydrogens is 238 g/mol. The minimum atomic E-state index is 0.252. The maximum atomic E-state index is 4.40. The molecule has 1 atom stereocenters. The first-order chi connectivity index (χ1) is 9.22. The van der Waals surface area contributed by atoms with Crippen molar-refractivity contribution >= 4 is 11.0 Å². The number of imidazole rings is 2. The number of nitrogens with one attached hydrogen (secondary N) is 3. The van der Waals surface area contributed by atoms with Gasteiger partial charge >= 0.3 is 0 Å². The molecule has 2 aromatic heterocycles. The zero-order valence-corrected chi connectivity index (χ0v) is 11.1. The van der Waals surface area contributed by atoms with Crippen LogP contribution in [0, 0.1) is 6.92 Å². The molecule has 19 heavy (non-hydrogen) atoms. The van der Waals surface area contributed by atoms with Crippen molar-refractivity contribution in [2.75, 3.05) is 0 Å². The molecule has 1 aromatic carbocycles. The number of rotatable bonds is 4. The molecule has 0 fully saturated rings. The van der Waals surface area contributed by atoms with Crippen LogP contribution in [-0.4, -0.2) is 19.9 Å². The number of aromatic nitrogens is 4. The predicted octanol–water partition coefficient (Wildman–Crippen LogP) is 2.45. The average molecular weight is 255 g/mol. The van der Waals surface area contributed by atoms with E-state index in [4.69, 9.17) is 0 Å². The summed E-state index contributed by atoms with van der Waals surface area (Å²) in [6.45, 7) is 4.90. The van der Waals surface area contributed by atoms with Crippen LogP contribution >= 0.6 is 0 Å². The summed E-state index contributed by atoms with van der Waals surface area (Å²) in [5.41, 5.74) is 4.44. The van der Waals surface area contributed by atoms with E-state index in [-0.39, 0.29) is 6.04 Å². The second-order valence-corrected chi connectivity index (χ2v) is 4.78. The summed E-state index contributed by atoms with van der Waals surface area (Å²) in [5, 5.41) is 3.47. The predicted molar refractivity (Wildman–Crippen MR) is 74.7 cm³/mol. The third-order valence-corrected chi connectivity index (χ3v) is 3.26. The van der Waals surface area contributed by atoms with Crippen LogP contribution in [0.15, 0.2) is 30.7 Å². The molecule has 3 N–H and O–H groups in total. The van der Waals surface area contributed by atoms with Gasteiger partial charge in [-0.15, -0.1) is 0 Å². The monoisotopic (exact) mass is 255 g/mol. The van der Waals surface area contributed by atoms with E-state index < -0.39 is 0 Å². The minimum absolute atomic E-state index is 0.252. The number of nitrogens with zero attached hydrogens (tertiary/aromatic N) is 2. The van der Waals surface area contributed by atoms with Gasteiger partial charge in [0.25, 0.3) is 0 Å². The molecule has 3 rings (SSSR count). The van der Waals surface area contributed by atoms with Gasteiger partial charge in [0.05, 0.1) is 23.1 Å². The zero-order valence-electron chi connectivity index (χ0n) is 11.1. The van der Waals surface area contributed by atoms with Crippen molar-refractivity contribution in [3.8, 4) is 0 Å². The molecule has 0 radical (unpaired) electrons. The Labute approximate surface area is 111 Å². The fraction of sp³-hybridized carbons (Fsp3) is 0.286. The largest absolute Gasteiger partial charge is 0.347 e. The van der Waals surface area contributed by atoms with Crippen molar-refractivity contribution in [3.05, 3.63) is 47.8 Å². The molecular formula is C14H17N5. The number of benzene rings is 1. The summed E-state index contributed by atoms with van der Waals surface area (Å²) in [6, 6.07) is 6.55. The van der Waals surface area contributed by atoms with E-state index >= 15 is 0 Å². The molecule has 2 heterocycles. The Hall–Kier alpha value is -2.14. The summed E-state index contributed by atoms with van der Waals surface area (Å²) in [6.07, 6.45) is 3.55. The number of hydrogen-bond donors (Lipinski definition) is 3. The van der Waals surface area contributed by atoms with Crippen LogP contribution in [0.4, 0.5) is 0 Å². The topological polar surface area (TPSA) is 69.4 Å². The van der Waals surface area contributed by atoms with Crippen LogP contribution in [0.1, 0.15) is 30.0 Å². The summed E-state index contributed by atoms with van der Waals surface area (Å²) in [7, 11) is 0. The van der Waals surface area contributed by atoms with Gasteiger partial charge in [-0.05, 0) is 31.5 Å². The number of aromatic amines is 2. The van der Waals surface area contributed by atoms with Crippen molar-refractivity contribution in [1.29, 1.82) is 0 Å². The van der Waals surface area contributed by atoms with Gasteiger partial charge in [-0.1, -0.05) is 6.07 Å². The van der Waals surface area contributed by atoms with Crippen LogP contribution < -0.4 is 5.32 Å². The zero-order chi connectivity index (χ0) is 13.2. The number of fused-ring (bicyclic) bond motifs is 1. The van der Waals surface area contributed by atoms with E-state index in [9.17, 15) is 0 Å². The molecule has 0 amide bonds. The SMILES string of the molecule is Cc1nc2ccc(CNC(C)c3cnc[nH]3)cc2[nH]1. The lowest BCUT2D eigenvalue weighted by atomic mass is 10.2. The van der Waals surface area contributed by atoms with Crippen LogP contribution in [0.3, 0.4) is 0 Å². The maximum absolute atomic E-state index is 4.40. The van der Waals surface area contributed by atoms with Crippen molar-refractivity contribution in [2.45, 2.75) is 26.4 Å². The first kappa shape index (κ1) is 11.9. The minimum Gasteiger partial charge on any atom is -0.347 e. The van der Waals surface area contributed by atoms with Gasteiger partial charge in [0.1, 0.15) is 5.82 Å². The molecule has 98 valence electrons.